The summed E-state index contributed by atoms with van der Waals surface area (Å²) in [5.74, 6) is -1.27. The van der Waals surface area contributed by atoms with Gasteiger partial charge in [-0.2, -0.15) is 0 Å². The average Bonchev–Trinajstić information content (AvgIpc) is 2.79. The molecule has 1 amide bonds. The third-order valence-electron chi connectivity index (χ3n) is 2.44. The van der Waals surface area contributed by atoms with E-state index < -0.39 is 16.9 Å². The third kappa shape index (κ3) is 3.57. The lowest BCUT2D eigenvalue weighted by Crippen LogP contribution is -2.22. The van der Waals surface area contributed by atoms with E-state index in [0.717, 1.165) is 30.0 Å². The highest BCUT2D eigenvalue weighted by atomic mass is 32.2. The number of aromatic nitrogens is 1. The number of anilines is 1. The maximum absolute atomic E-state index is 13.5. The van der Waals surface area contributed by atoms with E-state index in [0.29, 0.717) is 5.69 Å². The van der Waals surface area contributed by atoms with Crippen LogP contribution in [-0.4, -0.2) is 16.3 Å². The molecule has 0 saturated carbocycles. The molecule has 7 heteroatoms. The van der Waals surface area contributed by atoms with E-state index in [4.69, 9.17) is 4.52 Å². The highest BCUT2D eigenvalue weighted by Gasteiger charge is 2.18. The van der Waals surface area contributed by atoms with Crippen LogP contribution in [-0.2, 0) is 4.79 Å². The van der Waals surface area contributed by atoms with E-state index >= 15 is 0 Å². The number of rotatable bonds is 4. The summed E-state index contributed by atoms with van der Waals surface area (Å²) in [5.41, 5.74) is 0.636. The predicted octanol–water partition coefficient (Wildman–Crippen LogP) is 3.38. The Bertz CT molecular complexity index is 631. The molecule has 0 aliphatic rings. The first-order valence-electron chi connectivity index (χ1n) is 5.81. The number of thioether (sulfide) groups is 1. The lowest BCUT2D eigenvalue weighted by molar-refractivity contribution is -0.115. The van der Waals surface area contributed by atoms with Crippen LogP contribution in [0.1, 0.15) is 12.6 Å². The van der Waals surface area contributed by atoms with Gasteiger partial charge in [-0.15, -0.1) is 11.8 Å². The molecule has 1 aromatic carbocycles. The molecular formula is C13H12F2N2O2S. The maximum atomic E-state index is 13.5. The fraction of sp³-hybridized carbons (Fsp3) is 0.231. The Kier molecular flexibility index (Phi) is 4.39. The molecule has 2 aromatic rings. The van der Waals surface area contributed by atoms with E-state index in [1.807, 2.05) is 0 Å². The van der Waals surface area contributed by atoms with Gasteiger partial charge >= 0.3 is 0 Å². The van der Waals surface area contributed by atoms with E-state index in [1.54, 1.807) is 19.9 Å². The summed E-state index contributed by atoms with van der Waals surface area (Å²) in [4.78, 5) is 12.0. The molecular weight excluding hydrogens is 286 g/mol. The van der Waals surface area contributed by atoms with Gasteiger partial charge in [0.1, 0.15) is 11.6 Å². The average molecular weight is 298 g/mol. The molecule has 0 saturated heterocycles. The SMILES string of the molecule is Cc1cc(NC(=O)C(C)Sc2cc(F)ccc2F)on1. The number of hydrogen-bond donors (Lipinski definition) is 1. The number of aryl methyl sites for hydroxylation is 1. The molecule has 106 valence electrons. The van der Waals surface area contributed by atoms with E-state index in [-0.39, 0.29) is 16.7 Å². The zero-order chi connectivity index (χ0) is 14.7. The summed E-state index contributed by atoms with van der Waals surface area (Å²) >= 11 is 0.929. The Morgan fingerprint density at radius 2 is 2.15 bits per heavy atom. The number of carbonyl (C=O) groups excluding carboxylic acids is 1. The molecule has 0 bridgehead atoms. The van der Waals surface area contributed by atoms with Crippen molar-refractivity contribution in [2.75, 3.05) is 5.32 Å². The second kappa shape index (κ2) is 6.04. The van der Waals surface area contributed by atoms with Gasteiger partial charge in [-0.1, -0.05) is 5.16 Å². The minimum absolute atomic E-state index is 0.0846. The van der Waals surface area contributed by atoms with Crippen LogP contribution < -0.4 is 5.32 Å². The Hall–Kier alpha value is -1.89. The largest absolute Gasteiger partial charge is 0.338 e. The van der Waals surface area contributed by atoms with Gasteiger partial charge in [-0.3, -0.25) is 10.1 Å². The molecule has 0 aliphatic heterocycles. The Morgan fingerprint density at radius 3 is 2.80 bits per heavy atom. The predicted molar refractivity (Wildman–Crippen MR) is 71.5 cm³/mol. The summed E-state index contributed by atoms with van der Waals surface area (Å²) in [7, 11) is 0. The van der Waals surface area contributed by atoms with Gasteiger partial charge in [0, 0.05) is 11.0 Å². The van der Waals surface area contributed by atoms with Crippen molar-refractivity contribution in [3.8, 4) is 0 Å². The van der Waals surface area contributed by atoms with Crippen LogP contribution in [0.5, 0.6) is 0 Å². The van der Waals surface area contributed by atoms with Gasteiger partial charge in [0.05, 0.1) is 10.9 Å². The molecule has 0 radical (unpaired) electrons. The lowest BCUT2D eigenvalue weighted by atomic mass is 10.3. The van der Waals surface area contributed by atoms with Crippen molar-refractivity contribution >= 4 is 23.6 Å². The van der Waals surface area contributed by atoms with Gasteiger partial charge in [0.2, 0.25) is 11.8 Å². The summed E-state index contributed by atoms with van der Waals surface area (Å²) in [6.45, 7) is 3.31. The summed E-state index contributed by atoms with van der Waals surface area (Å²) in [6.07, 6.45) is 0. The molecule has 4 nitrogen and oxygen atoms in total. The van der Waals surface area contributed by atoms with Crippen molar-refractivity contribution in [2.24, 2.45) is 0 Å². The maximum Gasteiger partial charge on any atom is 0.239 e. The highest BCUT2D eigenvalue weighted by molar-refractivity contribution is 8.00. The second-order valence-corrected chi connectivity index (χ2v) is 5.54. The quantitative estimate of drug-likeness (QED) is 0.879. The second-order valence-electron chi connectivity index (χ2n) is 4.16. The van der Waals surface area contributed by atoms with Crippen LogP contribution in [0.4, 0.5) is 14.7 Å². The van der Waals surface area contributed by atoms with Crippen molar-refractivity contribution in [3.05, 3.63) is 41.6 Å². The molecule has 0 fully saturated rings. The van der Waals surface area contributed by atoms with Crippen molar-refractivity contribution in [1.82, 2.24) is 5.16 Å². The van der Waals surface area contributed by atoms with E-state index in [9.17, 15) is 13.6 Å². The molecule has 1 atom stereocenters. The fourth-order valence-electron chi connectivity index (χ4n) is 1.46. The van der Waals surface area contributed by atoms with Crippen molar-refractivity contribution < 1.29 is 18.1 Å². The van der Waals surface area contributed by atoms with Gasteiger partial charge < -0.3 is 4.52 Å². The number of nitrogens with zero attached hydrogens (tertiary/aromatic N) is 1. The van der Waals surface area contributed by atoms with Crippen molar-refractivity contribution in [3.63, 3.8) is 0 Å². The zero-order valence-corrected chi connectivity index (χ0v) is 11.6. The van der Waals surface area contributed by atoms with Gasteiger partial charge in [0.15, 0.2) is 0 Å². The number of halogens is 2. The highest BCUT2D eigenvalue weighted by Crippen LogP contribution is 2.27. The van der Waals surface area contributed by atoms with Gasteiger partial charge in [-0.05, 0) is 32.0 Å². The van der Waals surface area contributed by atoms with Crippen LogP contribution in [0.2, 0.25) is 0 Å². The first kappa shape index (κ1) is 14.5. The van der Waals surface area contributed by atoms with Crippen LogP contribution in [0, 0.1) is 18.6 Å². The van der Waals surface area contributed by atoms with E-state index in [1.165, 1.54) is 0 Å². The first-order chi connectivity index (χ1) is 9.45. The molecule has 1 aromatic heterocycles. The minimum Gasteiger partial charge on any atom is -0.338 e. The van der Waals surface area contributed by atoms with Crippen LogP contribution >= 0.6 is 11.8 Å². The summed E-state index contributed by atoms with van der Waals surface area (Å²) in [6, 6.07) is 4.68. The molecule has 2 rings (SSSR count). The number of amides is 1. The molecule has 1 unspecified atom stereocenters. The third-order valence-corrected chi connectivity index (χ3v) is 3.58. The Labute approximate surface area is 118 Å². The molecule has 1 N–H and O–H groups in total. The fourth-order valence-corrected chi connectivity index (χ4v) is 2.37. The monoisotopic (exact) mass is 298 g/mol. The number of benzene rings is 1. The van der Waals surface area contributed by atoms with Crippen molar-refractivity contribution in [2.45, 2.75) is 24.0 Å². The lowest BCUT2D eigenvalue weighted by Gasteiger charge is -2.10. The molecule has 0 aliphatic carbocycles. The zero-order valence-electron chi connectivity index (χ0n) is 10.8. The smallest absolute Gasteiger partial charge is 0.239 e. The molecule has 0 spiro atoms. The number of carbonyl (C=O) groups is 1. The van der Waals surface area contributed by atoms with Crippen LogP contribution in [0.15, 0.2) is 33.7 Å². The summed E-state index contributed by atoms with van der Waals surface area (Å²) < 4.78 is 31.4. The molecule has 1 heterocycles. The normalized spacial score (nSPS) is 12.2. The minimum atomic E-state index is -0.614. The first-order valence-corrected chi connectivity index (χ1v) is 6.69. The van der Waals surface area contributed by atoms with Crippen molar-refractivity contribution in [1.29, 1.82) is 0 Å². The van der Waals surface area contributed by atoms with Gasteiger partial charge in [-0.25, -0.2) is 8.78 Å². The topological polar surface area (TPSA) is 55.1 Å². The Morgan fingerprint density at radius 1 is 1.40 bits per heavy atom. The standard InChI is InChI=1S/C13H12F2N2O2S/c1-7-5-12(19-17-7)16-13(18)8(2)20-11-6-9(14)3-4-10(11)15/h3-6,8H,1-2H3,(H,16,18). The van der Waals surface area contributed by atoms with Crippen LogP contribution in [0.3, 0.4) is 0 Å². The number of hydrogen-bond acceptors (Lipinski definition) is 4. The number of nitrogens with one attached hydrogen (secondary N) is 1. The Balaban J connectivity index is 2.02. The van der Waals surface area contributed by atoms with Crippen LogP contribution in [0.25, 0.3) is 0 Å². The van der Waals surface area contributed by atoms with Gasteiger partial charge in [0.25, 0.3) is 0 Å². The summed E-state index contributed by atoms with van der Waals surface area (Å²) in [5, 5.41) is 5.53. The van der Waals surface area contributed by atoms with E-state index in [2.05, 4.69) is 10.5 Å². The molecule has 20 heavy (non-hydrogen) atoms.